The van der Waals surface area contributed by atoms with E-state index in [1.54, 1.807) is 10.7 Å². The normalized spacial score (nSPS) is 16.6. The predicted octanol–water partition coefficient (Wildman–Crippen LogP) is 2.11. The number of nitrogens with zero attached hydrogens (tertiary/aromatic N) is 6. The van der Waals surface area contributed by atoms with Crippen LogP contribution in [0.2, 0.25) is 0 Å². The standard InChI is InChI=1S/C23H24N8O2/c1-30-11-12-33-20-18(30)13-25-31-21(28-29-22(20)31)17-6-5-14-3-2-4-16(19(14)26-17)27-23(32)15-7-9-24-10-8-15/h2-6,13,15,24H,7-12H2,1H3,(H,27,32). The van der Waals surface area contributed by atoms with E-state index < -0.39 is 0 Å². The van der Waals surface area contributed by atoms with Crippen LogP contribution >= 0.6 is 0 Å². The zero-order valence-corrected chi connectivity index (χ0v) is 18.3. The van der Waals surface area contributed by atoms with Gasteiger partial charge in [0.25, 0.3) is 0 Å². The van der Waals surface area contributed by atoms with Gasteiger partial charge in [0.05, 0.1) is 23.9 Å². The Balaban J connectivity index is 1.39. The van der Waals surface area contributed by atoms with Gasteiger partial charge in [0, 0.05) is 18.4 Å². The number of hydrogen-bond acceptors (Lipinski definition) is 8. The first-order valence-electron chi connectivity index (χ1n) is 11.2. The number of rotatable bonds is 3. The molecule has 0 atom stereocenters. The highest BCUT2D eigenvalue weighted by molar-refractivity contribution is 6.01. The first-order chi connectivity index (χ1) is 16.2. The summed E-state index contributed by atoms with van der Waals surface area (Å²) in [6.07, 6.45) is 3.45. The van der Waals surface area contributed by atoms with Gasteiger partial charge in [-0.3, -0.25) is 4.79 Å². The number of carbonyl (C=O) groups excluding carboxylic acids is 1. The van der Waals surface area contributed by atoms with Crippen molar-refractivity contribution in [1.82, 2.24) is 30.1 Å². The number of benzene rings is 1. The quantitative estimate of drug-likeness (QED) is 0.495. The third kappa shape index (κ3) is 3.43. The van der Waals surface area contributed by atoms with Crippen LogP contribution in [0, 0.1) is 5.92 Å². The highest BCUT2D eigenvalue weighted by Crippen LogP contribution is 2.34. The van der Waals surface area contributed by atoms with Crippen molar-refractivity contribution in [3.63, 3.8) is 0 Å². The maximum Gasteiger partial charge on any atom is 0.227 e. The Kier molecular flexibility index (Phi) is 4.79. The lowest BCUT2D eigenvalue weighted by Gasteiger charge is -2.26. The van der Waals surface area contributed by atoms with Gasteiger partial charge in [-0.25, -0.2) is 4.98 Å². The first kappa shape index (κ1) is 19.9. The van der Waals surface area contributed by atoms with Gasteiger partial charge >= 0.3 is 0 Å². The van der Waals surface area contributed by atoms with Crippen LogP contribution in [0.4, 0.5) is 11.4 Å². The van der Waals surface area contributed by atoms with Gasteiger partial charge in [0.2, 0.25) is 17.4 Å². The number of likely N-dealkylation sites (N-methyl/N-ethyl adjacent to an activating group) is 1. The molecule has 0 radical (unpaired) electrons. The predicted molar refractivity (Wildman–Crippen MR) is 125 cm³/mol. The zero-order chi connectivity index (χ0) is 22.4. The molecule has 5 heterocycles. The number of piperidine rings is 1. The molecule has 1 fully saturated rings. The van der Waals surface area contributed by atoms with Crippen molar-refractivity contribution in [2.45, 2.75) is 12.8 Å². The van der Waals surface area contributed by atoms with Crippen LogP contribution in [0.15, 0.2) is 36.5 Å². The van der Waals surface area contributed by atoms with Crippen LogP contribution in [0.25, 0.3) is 28.1 Å². The van der Waals surface area contributed by atoms with Crippen molar-refractivity contribution < 1.29 is 9.53 Å². The minimum absolute atomic E-state index is 0.0126. The molecule has 168 valence electrons. The molecule has 1 aromatic carbocycles. The molecule has 1 amide bonds. The van der Waals surface area contributed by atoms with E-state index in [0.29, 0.717) is 40.7 Å². The SMILES string of the molecule is CN1CCOc2c1cnn1c(-c3ccc4cccc(NC(=O)C5CCNCC5)c4n3)nnc21. The Hall–Kier alpha value is -3.79. The van der Waals surface area contributed by atoms with E-state index in [9.17, 15) is 4.79 Å². The Bertz CT molecular complexity index is 1360. The van der Waals surface area contributed by atoms with Crippen LogP contribution < -0.4 is 20.3 Å². The van der Waals surface area contributed by atoms with Crippen molar-refractivity contribution in [3.8, 4) is 17.3 Å². The van der Waals surface area contributed by atoms with Crippen molar-refractivity contribution in [1.29, 1.82) is 0 Å². The molecule has 0 spiro atoms. The lowest BCUT2D eigenvalue weighted by Crippen LogP contribution is -2.34. The molecule has 4 aromatic rings. The summed E-state index contributed by atoms with van der Waals surface area (Å²) in [4.78, 5) is 19.8. The number of anilines is 2. The fourth-order valence-corrected chi connectivity index (χ4v) is 4.48. The smallest absolute Gasteiger partial charge is 0.227 e. The van der Waals surface area contributed by atoms with Gasteiger partial charge in [0.1, 0.15) is 18.0 Å². The molecule has 6 rings (SSSR count). The second-order valence-corrected chi connectivity index (χ2v) is 8.48. The van der Waals surface area contributed by atoms with Gasteiger partial charge in [-0.2, -0.15) is 9.61 Å². The first-order valence-corrected chi connectivity index (χ1v) is 11.2. The summed E-state index contributed by atoms with van der Waals surface area (Å²) >= 11 is 0. The van der Waals surface area contributed by atoms with E-state index in [2.05, 4.69) is 30.8 Å². The van der Waals surface area contributed by atoms with E-state index in [0.717, 1.165) is 43.5 Å². The molecule has 0 unspecified atom stereocenters. The number of para-hydroxylation sites is 1. The lowest BCUT2D eigenvalue weighted by molar-refractivity contribution is -0.120. The summed E-state index contributed by atoms with van der Waals surface area (Å²) in [6, 6.07) is 9.66. The summed E-state index contributed by atoms with van der Waals surface area (Å²) in [7, 11) is 2.00. The lowest BCUT2D eigenvalue weighted by atomic mass is 9.97. The van der Waals surface area contributed by atoms with Gasteiger partial charge in [-0.1, -0.05) is 18.2 Å². The van der Waals surface area contributed by atoms with Crippen molar-refractivity contribution >= 4 is 33.8 Å². The molecule has 0 bridgehead atoms. The fraction of sp³-hybridized carbons (Fsp3) is 0.348. The van der Waals surface area contributed by atoms with Gasteiger partial charge < -0.3 is 20.3 Å². The second-order valence-electron chi connectivity index (χ2n) is 8.48. The van der Waals surface area contributed by atoms with Gasteiger partial charge in [-0.05, 0) is 38.1 Å². The Morgan fingerprint density at radius 2 is 2.06 bits per heavy atom. The maximum absolute atomic E-state index is 12.8. The molecule has 10 nitrogen and oxygen atoms in total. The molecule has 2 aliphatic rings. The minimum Gasteiger partial charge on any atom is -0.486 e. The number of amides is 1. The molecule has 0 saturated carbocycles. The van der Waals surface area contributed by atoms with Crippen LogP contribution in [0.1, 0.15) is 12.8 Å². The molecule has 1 saturated heterocycles. The Morgan fingerprint density at radius 1 is 1.18 bits per heavy atom. The highest BCUT2D eigenvalue weighted by atomic mass is 16.5. The third-order valence-electron chi connectivity index (χ3n) is 6.37. The topological polar surface area (TPSA) is 110 Å². The van der Waals surface area contributed by atoms with E-state index in [-0.39, 0.29) is 11.8 Å². The average Bonchev–Trinajstić information content (AvgIpc) is 3.29. The Morgan fingerprint density at radius 3 is 2.94 bits per heavy atom. The van der Waals surface area contributed by atoms with E-state index in [4.69, 9.17) is 9.72 Å². The van der Waals surface area contributed by atoms with Crippen LogP contribution in [-0.4, -0.2) is 64.0 Å². The number of hydrogen-bond donors (Lipinski definition) is 2. The minimum atomic E-state index is 0.0126. The average molecular weight is 444 g/mol. The fourth-order valence-electron chi connectivity index (χ4n) is 4.48. The van der Waals surface area contributed by atoms with Crippen molar-refractivity contribution in [3.05, 3.63) is 36.5 Å². The van der Waals surface area contributed by atoms with Gasteiger partial charge in [-0.15, -0.1) is 10.2 Å². The molecule has 10 heteroatoms. The molecule has 2 N–H and O–H groups in total. The zero-order valence-electron chi connectivity index (χ0n) is 18.3. The third-order valence-corrected chi connectivity index (χ3v) is 6.37. The monoisotopic (exact) mass is 444 g/mol. The number of carbonyl (C=O) groups is 1. The summed E-state index contributed by atoms with van der Waals surface area (Å²) in [6.45, 7) is 3.11. The van der Waals surface area contributed by atoms with Crippen molar-refractivity contribution in [2.24, 2.45) is 5.92 Å². The van der Waals surface area contributed by atoms with E-state index >= 15 is 0 Å². The number of fused-ring (bicyclic) bond motifs is 4. The van der Waals surface area contributed by atoms with Crippen LogP contribution in [-0.2, 0) is 4.79 Å². The molecule has 33 heavy (non-hydrogen) atoms. The number of aromatic nitrogens is 5. The summed E-state index contributed by atoms with van der Waals surface area (Å²) in [5.74, 6) is 1.25. The largest absolute Gasteiger partial charge is 0.486 e. The van der Waals surface area contributed by atoms with E-state index in [1.165, 1.54) is 0 Å². The Labute approximate surface area is 190 Å². The molecule has 0 aliphatic carbocycles. The summed E-state index contributed by atoms with van der Waals surface area (Å²) < 4.78 is 7.52. The highest BCUT2D eigenvalue weighted by Gasteiger charge is 2.24. The van der Waals surface area contributed by atoms with Crippen molar-refractivity contribution in [2.75, 3.05) is 43.5 Å². The summed E-state index contributed by atoms with van der Waals surface area (Å²) in [5.41, 5.74) is 3.48. The van der Waals surface area contributed by atoms with Gasteiger partial charge in [0.15, 0.2) is 5.75 Å². The molecule has 3 aromatic heterocycles. The number of nitrogens with one attached hydrogen (secondary N) is 2. The summed E-state index contributed by atoms with van der Waals surface area (Å²) in [5, 5.41) is 20.6. The van der Waals surface area contributed by atoms with Crippen LogP contribution in [0.3, 0.4) is 0 Å². The molecule has 2 aliphatic heterocycles. The number of ether oxygens (including phenoxy) is 1. The molecular weight excluding hydrogens is 420 g/mol. The van der Waals surface area contributed by atoms with Crippen LogP contribution in [0.5, 0.6) is 5.75 Å². The number of pyridine rings is 1. The van der Waals surface area contributed by atoms with E-state index in [1.807, 2.05) is 37.4 Å². The maximum atomic E-state index is 12.8. The second kappa shape index (κ2) is 7.96. The molecular formula is C23H24N8O2.